The number of nitrogen functional groups attached to an aromatic ring is 1. The number of likely N-dealkylation sites (tertiary alicyclic amines) is 1. The highest BCUT2D eigenvalue weighted by Gasteiger charge is 2.30. The highest BCUT2D eigenvalue weighted by Crippen LogP contribution is 2.36. The van der Waals surface area contributed by atoms with Gasteiger partial charge in [0.05, 0.1) is 17.1 Å². The number of carbonyl (C=O) groups excluding carboxylic acids is 2. The van der Waals surface area contributed by atoms with Crippen molar-refractivity contribution in [1.29, 1.82) is 0 Å². The lowest BCUT2D eigenvalue weighted by atomic mass is 9.97. The Morgan fingerprint density at radius 2 is 2.03 bits per heavy atom. The van der Waals surface area contributed by atoms with Crippen LogP contribution in [0, 0.1) is 6.92 Å². The van der Waals surface area contributed by atoms with Gasteiger partial charge < -0.3 is 21.7 Å². The zero-order valence-electron chi connectivity index (χ0n) is 21.3. The number of nitrogens with zero attached hydrogens (tertiary/aromatic N) is 6. The van der Waals surface area contributed by atoms with Gasteiger partial charge in [0.2, 0.25) is 11.8 Å². The fourth-order valence-corrected chi connectivity index (χ4v) is 4.78. The number of likely N-dealkylation sites (N-methyl/N-ethyl adjacent to an activating group) is 1. The summed E-state index contributed by atoms with van der Waals surface area (Å²) in [6.45, 7) is 3.70. The Morgan fingerprint density at radius 3 is 2.79 bits per heavy atom. The third-order valence-corrected chi connectivity index (χ3v) is 6.67. The molecular formula is C27H29N9O2. The minimum Gasteiger partial charge on any atom is -0.383 e. The summed E-state index contributed by atoms with van der Waals surface area (Å²) in [6, 6.07) is 9.01. The molecule has 1 aliphatic heterocycles. The van der Waals surface area contributed by atoms with Crippen molar-refractivity contribution in [3.8, 4) is 22.5 Å². The highest BCUT2D eigenvalue weighted by molar-refractivity contribution is 6.03. The highest BCUT2D eigenvalue weighted by atomic mass is 16.2. The van der Waals surface area contributed by atoms with E-state index in [1.54, 1.807) is 35.4 Å². The standard InChI is InChI=1S/C27H29N9O2/c1-16-7-10-31-21(12-16)20-13-17(5-6-19(20)26(29)38)24-23-25(28)32-15-33-27(23)36(34-24)18-8-11-35(14-18)22(37)4-3-9-30-2/h3-7,10,12-13,15,18,30H,8-9,11,14H2,1-2H3,(H2,29,38)(H2,28,32,33)/b4-3+/t18-/m1/s1. The molecule has 38 heavy (non-hydrogen) atoms. The van der Waals surface area contributed by atoms with Crippen molar-refractivity contribution in [2.45, 2.75) is 19.4 Å². The van der Waals surface area contributed by atoms with Crippen LogP contribution in [0.4, 0.5) is 5.82 Å². The topological polar surface area (TPSA) is 158 Å². The van der Waals surface area contributed by atoms with Gasteiger partial charge in [0.15, 0.2) is 5.65 Å². The molecule has 1 saturated heterocycles. The van der Waals surface area contributed by atoms with Crippen LogP contribution in [0.25, 0.3) is 33.5 Å². The van der Waals surface area contributed by atoms with Crippen molar-refractivity contribution in [2.75, 3.05) is 32.4 Å². The van der Waals surface area contributed by atoms with Crippen molar-refractivity contribution in [3.05, 3.63) is 66.1 Å². The van der Waals surface area contributed by atoms with Gasteiger partial charge in [0.1, 0.15) is 17.8 Å². The average molecular weight is 512 g/mol. The molecule has 0 spiro atoms. The normalized spacial score (nSPS) is 15.5. The van der Waals surface area contributed by atoms with Crippen LogP contribution in [0.15, 0.2) is 55.0 Å². The number of hydrogen-bond donors (Lipinski definition) is 3. The summed E-state index contributed by atoms with van der Waals surface area (Å²) in [4.78, 5) is 39.8. The van der Waals surface area contributed by atoms with Crippen molar-refractivity contribution in [3.63, 3.8) is 0 Å². The molecule has 1 atom stereocenters. The monoisotopic (exact) mass is 511 g/mol. The summed E-state index contributed by atoms with van der Waals surface area (Å²) in [7, 11) is 1.83. The van der Waals surface area contributed by atoms with E-state index in [1.807, 2.05) is 36.9 Å². The summed E-state index contributed by atoms with van der Waals surface area (Å²) < 4.78 is 1.83. The van der Waals surface area contributed by atoms with Gasteiger partial charge in [-0.05, 0) is 50.2 Å². The lowest BCUT2D eigenvalue weighted by Gasteiger charge is -2.15. The number of pyridine rings is 1. The first-order chi connectivity index (χ1) is 18.4. The molecule has 194 valence electrons. The molecule has 1 fully saturated rings. The summed E-state index contributed by atoms with van der Waals surface area (Å²) >= 11 is 0. The van der Waals surface area contributed by atoms with Crippen LogP contribution >= 0.6 is 0 Å². The van der Waals surface area contributed by atoms with E-state index in [0.29, 0.717) is 59.0 Å². The van der Waals surface area contributed by atoms with E-state index >= 15 is 0 Å². The zero-order chi connectivity index (χ0) is 26.8. The Morgan fingerprint density at radius 1 is 1.18 bits per heavy atom. The van der Waals surface area contributed by atoms with Crippen LogP contribution in [0.1, 0.15) is 28.4 Å². The summed E-state index contributed by atoms with van der Waals surface area (Å²) in [6.07, 6.45) is 7.23. The van der Waals surface area contributed by atoms with Gasteiger partial charge in [0, 0.05) is 48.6 Å². The van der Waals surface area contributed by atoms with Gasteiger partial charge in [-0.3, -0.25) is 14.6 Å². The minimum absolute atomic E-state index is 0.0362. The Bertz CT molecular complexity index is 1560. The number of aryl methyl sites for hydroxylation is 1. The SMILES string of the molecule is CNC/C=C/C(=O)N1CC[C@@H](n2nc(-c3ccc(C(N)=O)c(-c4cc(C)ccn4)c3)c3c(N)ncnc32)C1. The molecule has 1 aromatic carbocycles. The van der Waals surface area contributed by atoms with Crippen molar-refractivity contribution in [2.24, 2.45) is 5.73 Å². The number of carbonyl (C=O) groups is 2. The summed E-state index contributed by atoms with van der Waals surface area (Å²) in [5, 5.41) is 8.53. The maximum atomic E-state index is 12.6. The number of benzene rings is 1. The first kappa shape index (κ1) is 25.0. The second-order valence-electron chi connectivity index (χ2n) is 9.28. The number of nitrogens with two attached hydrogens (primary N) is 2. The van der Waals surface area contributed by atoms with E-state index < -0.39 is 5.91 Å². The molecule has 5 N–H and O–H groups in total. The first-order valence-corrected chi connectivity index (χ1v) is 12.3. The smallest absolute Gasteiger partial charge is 0.249 e. The quantitative estimate of drug-likeness (QED) is 0.318. The molecule has 0 radical (unpaired) electrons. The molecule has 11 nitrogen and oxygen atoms in total. The van der Waals surface area contributed by atoms with Crippen LogP contribution in [0.2, 0.25) is 0 Å². The second kappa shape index (κ2) is 10.4. The fraction of sp³-hybridized carbons (Fsp3) is 0.259. The number of fused-ring (bicyclic) bond motifs is 1. The van der Waals surface area contributed by atoms with Gasteiger partial charge >= 0.3 is 0 Å². The second-order valence-corrected chi connectivity index (χ2v) is 9.28. The predicted octanol–water partition coefficient (Wildman–Crippen LogP) is 2.09. The third kappa shape index (κ3) is 4.71. The fourth-order valence-electron chi connectivity index (χ4n) is 4.78. The Kier molecular flexibility index (Phi) is 6.84. The van der Waals surface area contributed by atoms with Crippen LogP contribution < -0.4 is 16.8 Å². The van der Waals surface area contributed by atoms with E-state index in [1.165, 1.54) is 6.33 Å². The molecule has 0 bridgehead atoms. The van der Waals surface area contributed by atoms with Crippen molar-refractivity contribution < 1.29 is 9.59 Å². The molecular weight excluding hydrogens is 482 g/mol. The van der Waals surface area contributed by atoms with Gasteiger partial charge in [-0.25, -0.2) is 14.6 Å². The van der Waals surface area contributed by atoms with Crippen molar-refractivity contribution in [1.82, 2.24) is 34.9 Å². The largest absolute Gasteiger partial charge is 0.383 e. The lowest BCUT2D eigenvalue weighted by Crippen LogP contribution is -2.27. The Labute approximate surface area is 219 Å². The van der Waals surface area contributed by atoms with Gasteiger partial charge in [0.25, 0.3) is 0 Å². The van der Waals surface area contributed by atoms with Crippen LogP contribution in [-0.2, 0) is 4.79 Å². The van der Waals surface area contributed by atoms with E-state index in [9.17, 15) is 9.59 Å². The molecule has 3 aromatic heterocycles. The first-order valence-electron chi connectivity index (χ1n) is 12.3. The van der Waals surface area contributed by atoms with E-state index in [2.05, 4.69) is 20.3 Å². The van der Waals surface area contributed by atoms with E-state index in [4.69, 9.17) is 16.6 Å². The number of amides is 2. The molecule has 0 saturated carbocycles. The minimum atomic E-state index is -0.549. The zero-order valence-corrected chi connectivity index (χ0v) is 21.3. The van der Waals surface area contributed by atoms with E-state index in [0.717, 1.165) is 17.5 Å². The molecule has 0 unspecified atom stereocenters. The van der Waals surface area contributed by atoms with Crippen LogP contribution in [0.3, 0.4) is 0 Å². The molecule has 11 heteroatoms. The summed E-state index contributed by atoms with van der Waals surface area (Å²) in [5.41, 5.74) is 16.5. The molecule has 0 aliphatic carbocycles. The molecule has 5 rings (SSSR count). The number of hydrogen-bond acceptors (Lipinski definition) is 8. The maximum Gasteiger partial charge on any atom is 0.249 e. The van der Waals surface area contributed by atoms with Gasteiger partial charge in [-0.1, -0.05) is 12.1 Å². The third-order valence-electron chi connectivity index (χ3n) is 6.67. The lowest BCUT2D eigenvalue weighted by molar-refractivity contribution is -0.125. The van der Waals surface area contributed by atoms with Gasteiger partial charge in [-0.2, -0.15) is 5.10 Å². The van der Waals surface area contributed by atoms with Gasteiger partial charge in [-0.15, -0.1) is 0 Å². The molecule has 1 aliphatic rings. The van der Waals surface area contributed by atoms with Crippen LogP contribution in [-0.4, -0.2) is 68.1 Å². The molecule has 2 amide bonds. The Balaban J connectivity index is 1.58. The Hall–Kier alpha value is -4.64. The number of primary amides is 1. The molecule has 4 heterocycles. The summed E-state index contributed by atoms with van der Waals surface area (Å²) in [5.74, 6) is -0.287. The number of nitrogens with one attached hydrogen (secondary N) is 1. The number of anilines is 1. The van der Waals surface area contributed by atoms with E-state index in [-0.39, 0.29) is 11.9 Å². The average Bonchev–Trinajstić information content (AvgIpc) is 3.54. The maximum absolute atomic E-state index is 12.6. The molecule has 4 aromatic rings. The number of aromatic nitrogens is 5. The predicted molar refractivity (Wildman–Crippen MR) is 145 cm³/mol. The van der Waals surface area contributed by atoms with Crippen molar-refractivity contribution >= 4 is 28.7 Å². The number of rotatable bonds is 7. The van der Waals surface area contributed by atoms with Crippen LogP contribution in [0.5, 0.6) is 0 Å².